The molecular weight excluding hydrogens is 253 g/mol. The predicted octanol–water partition coefficient (Wildman–Crippen LogP) is 4.57. The van der Waals surface area contributed by atoms with E-state index in [4.69, 9.17) is 23.2 Å². The van der Waals surface area contributed by atoms with Gasteiger partial charge in [-0.05, 0) is 36.2 Å². The van der Waals surface area contributed by atoms with Gasteiger partial charge in [-0.25, -0.2) is 0 Å². The highest BCUT2D eigenvalue weighted by molar-refractivity contribution is 6.31. The molecule has 0 aliphatic heterocycles. The Labute approximate surface area is 111 Å². The average Bonchev–Trinajstić information content (AvgIpc) is 2.34. The second-order valence-electron chi connectivity index (χ2n) is 4.00. The summed E-state index contributed by atoms with van der Waals surface area (Å²) in [6.07, 6.45) is 2.51. The van der Waals surface area contributed by atoms with Crippen LogP contribution in [-0.2, 0) is 6.42 Å². The minimum atomic E-state index is -0.0686. The summed E-state index contributed by atoms with van der Waals surface area (Å²) in [4.78, 5) is 4.27. The van der Waals surface area contributed by atoms with Crippen molar-refractivity contribution in [1.29, 1.82) is 0 Å². The van der Waals surface area contributed by atoms with Crippen LogP contribution >= 0.6 is 23.2 Å². The van der Waals surface area contributed by atoms with Gasteiger partial charge in [0.15, 0.2) is 0 Å². The molecule has 0 saturated heterocycles. The number of rotatable bonds is 3. The lowest BCUT2D eigenvalue weighted by molar-refractivity contribution is 0.880. The summed E-state index contributed by atoms with van der Waals surface area (Å²) in [5.74, 6) is 0. The molecule has 1 unspecified atom stereocenters. The number of benzene rings is 1. The normalized spacial score (nSPS) is 12.4. The van der Waals surface area contributed by atoms with Crippen LogP contribution in [0.2, 0.25) is 5.02 Å². The second-order valence-corrected chi connectivity index (χ2v) is 4.94. The van der Waals surface area contributed by atoms with Gasteiger partial charge < -0.3 is 0 Å². The highest BCUT2D eigenvalue weighted by atomic mass is 35.5. The molecule has 0 saturated carbocycles. The molecule has 1 aromatic carbocycles. The van der Waals surface area contributed by atoms with Crippen LogP contribution in [0.1, 0.15) is 22.2 Å². The van der Waals surface area contributed by atoms with Gasteiger partial charge >= 0.3 is 0 Å². The maximum absolute atomic E-state index is 6.38. The van der Waals surface area contributed by atoms with E-state index in [9.17, 15) is 0 Å². The van der Waals surface area contributed by atoms with Crippen LogP contribution in [-0.4, -0.2) is 4.98 Å². The molecule has 0 N–H and O–H groups in total. The molecule has 1 aromatic heterocycles. The lowest BCUT2D eigenvalue weighted by Gasteiger charge is -2.10. The van der Waals surface area contributed by atoms with Crippen molar-refractivity contribution < 1.29 is 0 Å². The van der Waals surface area contributed by atoms with Crippen LogP contribution in [0, 0.1) is 6.92 Å². The Morgan fingerprint density at radius 3 is 2.71 bits per heavy atom. The van der Waals surface area contributed by atoms with Crippen molar-refractivity contribution in [2.75, 3.05) is 0 Å². The molecule has 0 aliphatic rings. The highest BCUT2D eigenvalue weighted by Gasteiger charge is 2.10. The molecule has 0 bridgehead atoms. The van der Waals surface area contributed by atoms with Gasteiger partial charge in [-0.2, -0.15) is 0 Å². The number of aromatic nitrogens is 1. The van der Waals surface area contributed by atoms with Crippen molar-refractivity contribution in [3.8, 4) is 0 Å². The Hall–Kier alpha value is -1.05. The number of nitrogens with zero attached hydrogens (tertiary/aromatic N) is 1. The number of hydrogen-bond acceptors (Lipinski definition) is 1. The van der Waals surface area contributed by atoms with Crippen LogP contribution in [0.25, 0.3) is 0 Å². The van der Waals surface area contributed by atoms with E-state index in [1.165, 1.54) is 0 Å². The molecule has 2 aromatic rings. The quantitative estimate of drug-likeness (QED) is 0.742. The first kappa shape index (κ1) is 12.4. The van der Waals surface area contributed by atoms with Crippen LogP contribution in [0.15, 0.2) is 42.6 Å². The molecule has 1 heterocycles. The van der Waals surface area contributed by atoms with E-state index in [-0.39, 0.29) is 5.38 Å². The van der Waals surface area contributed by atoms with Gasteiger partial charge in [-0.15, -0.1) is 11.6 Å². The van der Waals surface area contributed by atoms with E-state index in [2.05, 4.69) is 4.98 Å². The molecule has 2 rings (SSSR count). The van der Waals surface area contributed by atoms with Gasteiger partial charge in [0.05, 0.1) is 5.38 Å². The third-order valence-electron chi connectivity index (χ3n) is 2.66. The third kappa shape index (κ3) is 3.21. The Morgan fingerprint density at radius 2 is 2.06 bits per heavy atom. The van der Waals surface area contributed by atoms with Gasteiger partial charge in [0.2, 0.25) is 0 Å². The first-order valence-corrected chi connectivity index (χ1v) is 6.28. The van der Waals surface area contributed by atoms with Gasteiger partial charge in [0.25, 0.3) is 0 Å². The van der Waals surface area contributed by atoms with Crippen LogP contribution < -0.4 is 0 Å². The molecule has 1 nitrogen and oxygen atoms in total. The molecule has 17 heavy (non-hydrogen) atoms. The zero-order valence-electron chi connectivity index (χ0n) is 9.53. The largest absolute Gasteiger partial charge is 0.261 e. The maximum Gasteiger partial charge on any atom is 0.0640 e. The summed E-state index contributed by atoms with van der Waals surface area (Å²) < 4.78 is 0. The number of pyridine rings is 1. The van der Waals surface area contributed by atoms with Gasteiger partial charge in [0.1, 0.15) is 0 Å². The minimum absolute atomic E-state index is 0.0686. The second kappa shape index (κ2) is 5.52. The lowest BCUT2D eigenvalue weighted by atomic mass is 10.0. The third-order valence-corrected chi connectivity index (χ3v) is 3.49. The van der Waals surface area contributed by atoms with Crippen molar-refractivity contribution in [3.63, 3.8) is 0 Å². The number of alkyl halides is 1. The molecule has 0 spiro atoms. The fourth-order valence-corrected chi connectivity index (χ4v) is 2.09. The van der Waals surface area contributed by atoms with E-state index < -0.39 is 0 Å². The van der Waals surface area contributed by atoms with Gasteiger partial charge in [-0.3, -0.25) is 4.98 Å². The molecule has 1 atom stereocenters. The SMILES string of the molecule is Cc1cc(C(Cl)Cc2ccccn2)ccc1Cl. The van der Waals surface area contributed by atoms with E-state index in [0.29, 0.717) is 0 Å². The summed E-state index contributed by atoms with van der Waals surface area (Å²) in [5, 5.41) is 0.705. The standard InChI is InChI=1S/C14H13Cl2N/c1-10-8-11(5-6-13(10)15)14(16)9-12-4-2-3-7-17-12/h2-8,14H,9H2,1H3. The van der Waals surface area contributed by atoms with Gasteiger partial charge in [-0.1, -0.05) is 29.8 Å². The Balaban J connectivity index is 2.14. The molecule has 0 aliphatic carbocycles. The van der Waals surface area contributed by atoms with E-state index in [1.807, 2.05) is 43.3 Å². The Morgan fingerprint density at radius 1 is 1.24 bits per heavy atom. The summed E-state index contributed by atoms with van der Waals surface area (Å²) in [7, 11) is 0. The summed E-state index contributed by atoms with van der Waals surface area (Å²) in [5.41, 5.74) is 3.13. The van der Waals surface area contributed by atoms with E-state index in [1.54, 1.807) is 6.20 Å². The first-order valence-electron chi connectivity index (χ1n) is 5.47. The first-order chi connectivity index (χ1) is 8.16. The zero-order chi connectivity index (χ0) is 12.3. The number of hydrogen-bond donors (Lipinski definition) is 0. The molecular formula is C14H13Cl2N. The molecule has 3 heteroatoms. The van der Waals surface area contributed by atoms with E-state index in [0.717, 1.165) is 28.3 Å². The van der Waals surface area contributed by atoms with Crippen molar-refractivity contribution in [3.05, 3.63) is 64.4 Å². The Bertz CT molecular complexity index is 497. The molecule has 0 radical (unpaired) electrons. The van der Waals surface area contributed by atoms with Crippen molar-refractivity contribution in [2.45, 2.75) is 18.7 Å². The lowest BCUT2D eigenvalue weighted by Crippen LogP contribution is -1.98. The van der Waals surface area contributed by atoms with Crippen molar-refractivity contribution >= 4 is 23.2 Å². The van der Waals surface area contributed by atoms with Crippen molar-refractivity contribution in [1.82, 2.24) is 4.98 Å². The number of aryl methyl sites for hydroxylation is 1. The van der Waals surface area contributed by atoms with E-state index >= 15 is 0 Å². The molecule has 0 fully saturated rings. The maximum atomic E-state index is 6.38. The summed E-state index contributed by atoms with van der Waals surface area (Å²) in [6.45, 7) is 1.98. The van der Waals surface area contributed by atoms with Crippen LogP contribution in [0.4, 0.5) is 0 Å². The zero-order valence-corrected chi connectivity index (χ0v) is 11.0. The highest BCUT2D eigenvalue weighted by Crippen LogP contribution is 2.27. The average molecular weight is 266 g/mol. The fraction of sp³-hybridized carbons (Fsp3) is 0.214. The fourth-order valence-electron chi connectivity index (χ4n) is 1.68. The molecule has 88 valence electrons. The Kier molecular flexibility index (Phi) is 4.03. The monoisotopic (exact) mass is 265 g/mol. The summed E-state index contributed by atoms with van der Waals surface area (Å²) >= 11 is 12.4. The minimum Gasteiger partial charge on any atom is -0.261 e. The molecule has 0 amide bonds. The predicted molar refractivity (Wildman–Crippen MR) is 72.7 cm³/mol. The number of halogens is 2. The van der Waals surface area contributed by atoms with Crippen LogP contribution in [0.5, 0.6) is 0 Å². The van der Waals surface area contributed by atoms with Gasteiger partial charge in [0, 0.05) is 23.3 Å². The topological polar surface area (TPSA) is 12.9 Å². The summed E-state index contributed by atoms with van der Waals surface area (Å²) in [6, 6.07) is 11.7. The van der Waals surface area contributed by atoms with Crippen LogP contribution in [0.3, 0.4) is 0 Å². The van der Waals surface area contributed by atoms with Crippen molar-refractivity contribution in [2.24, 2.45) is 0 Å². The smallest absolute Gasteiger partial charge is 0.0640 e.